The largest absolute Gasteiger partial charge is 0.417 e. The average Bonchev–Trinajstić information content (AvgIpc) is 2.82. The lowest BCUT2D eigenvalue weighted by molar-refractivity contribution is -0.159. The molecule has 0 aliphatic carbocycles. The number of allylic oxidation sites excluding steroid dienone is 1. The molecule has 43 heavy (non-hydrogen) atoms. The summed E-state index contributed by atoms with van der Waals surface area (Å²) in [7, 11) is 0.713. The lowest BCUT2D eigenvalue weighted by Gasteiger charge is -2.23. The first-order valence-electron chi connectivity index (χ1n) is 11.5. The van der Waals surface area contributed by atoms with Crippen LogP contribution in [0.4, 0.5) is 57.1 Å². The molecule has 2 amide bonds. The molecule has 2 atom stereocenters. The first-order chi connectivity index (χ1) is 19.3. The zero-order chi connectivity index (χ0) is 33.3. The Hall–Kier alpha value is -3.50. The van der Waals surface area contributed by atoms with Crippen LogP contribution >= 0.6 is 11.6 Å². The molecule has 0 heterocycles. The lowest BCUT2D eigenvalue weighted by Crippen LogP contribution is -2.48. The first-order valence-corrected chi connectivity index (χ1v) is 11.8. The Balaban J connectivity index is 2.51. The van der Waals surface area contributed by atoms with Crippen molar-refractivity contribution in [2.45, 2.75) is 43.6 Å². The Kier molecular flexibility index (Phi) is 10.5. The van der Waals surface area contributed by atoms with E-state index < -0.39 is 93.7 Å². The Morgan fingerprint density at radius 1 is 0.907 bits per heavy atom. The van der Waals surface area contributed by atoms with Crippen molar-refractivity contribution in [2.24, 2.45) is 0 Å². The van der Waals surface area contributed by atoms with E-state index in [2.05, 4.69) is 0 Å². The van der Waals surface area contributed by atoms with Crippen molar-refractivity contribution >= 4 is 29.2 Å². The molecular formula is C25H18ClF13N2O2. The molecule has 0 bridgehead atoms. The Morgan fingerprint density at radius 2 is 1.49 bits per heavy atom. The molecule has 238 valence electrons. The summed E-state index contributed by atoms with van der Waals surface area (Å²) in [5.74, 6) is -8.05. The number of nitrogens with one attached hydrogen (secondary N) is 1. The topological polar surface area (TPSA) is 49.4 Å². The van der Waals surface area contributed by atoms with Crippen molar-refractivity contribution in [1.29, 1.82) is 0 Å². The van der Waals surface area contributed by atoms with Crippen molar-refractivity contribution in [2.75, 3.05) is 13.6 Å². The van der Waals surface area contributed by atoms with Gasteiger partial charge < -0.3 is 10.2 Å². The molecule has 0 aromatic heterocycles. The molecule has 0 fully saturated rings. The summed E-state index contributed by atoms with van der Waals surface area (Å²) in [6.45, 7) is -0.875. The van der Waals surface area contributed by atoms with Gasteiger partial charge in [-0.05, 0) is 48.9 Å². The van der Waals surface area contributed by atoms with Crippen LogP contribution in [-0.2, 0) is 17.1 Å². The monoisotopic (exact) mass is 660 g/mol. The average molecular weight is 661 g/mol. The van der Waals surface area contributed by atoms with Gasteiger partial charge in [0.05, 0.1) is 16.7 Å². The summed E-state index contributed by atoms with van der Waals surface area (Å²) in [4.78, 5) is 24.7. The van der Waals surface area contributed by atoms with Crippen LogP contribution in [0, 0.1) is 0 Å². The third-order valence-electron chi connectivity index (χ3n) is 5.63. The summed E-state index contributed by atoms with van der Waals surface area (Å²) in [6, 6.07) is -0.245. The Morgan fingerprint density at radius 3 is 1.98 bits per heavy atom. The maximum atomic E-state index is 15.0. The number of halogens is 14. The van der Waals surface area contributed by atoms with Gasteiger partial charge in [0, 0.05) is 17.6 Å². The van der Waals surface area contributed by atoms with Crippen LogP contribution in [-0.4, -0.2) is 48.7 Å². The van der Waals surface area contributed by atoms with Crippen LogP contribution in [0.3, 0.4) is 0 Å². The highest BCUT2D eigenvalue weighted by Crippen LogP contribution is 2.42. The van der Waals surface area contributed by atoms with E-state index in [-0.39, 0.29) is 23.1 Å². The van der Waals surface area contributed by atoms with Crippen molar-refractivity contribution in [1.82, 2.24) is 10.2 Å². The van der Waals surface area contributed by atoms with Gasteiger partial charge in [-0.1, -0.05) is 17.7 Å². The lowest BCUT2D eigenvalue weighted by atomic mass is 9.94. The van der Waals surface area contributed by atoms with Gasteiger partial charge in [0.15, 0.2) is 0 Å². The molecule has 0 radical (unpaired) electrons. The van der Waals surface area contributed by atoms with E-state index in [1.54, 1.807) is 5.32 Å². The van der Waals surface area contributed by atoms with E-state index in [0.29, 0.717) is 31.3 Å². The quantitative estimate of drug-likeness (QED) is 0.305. The van der Waals surface area contributed by atoms with Gasteiger partial charge in [0.25, 0.3) is 5.91 Å². The fraction of sp³-hybridized carbons (Fsp3) is 0.360. The number of hydrogen-bond donors (Lipinski definition) is 1. The molecule has 4 nitrogen and oxygen atoms in total. The third-order valence-corrected chi connectivity index (χ3v) is 5.85. The second kappa shape index (κ2) is 12.6. The van der Waals surface area contributed by atoms with Gasteiger partial charge in [-0.25, -0.2) is 4.39 Å². The number of hydrogen-bond acceptors (Lipinski definition) is 2. The molecule has 0 spiro atoms. The van der Waals surface area contributed by atoms with Crippen molar-refractivity contribution in [3.63, 3.8) is 0 Å². The second-order valence-electron chi connectivity index (χ2n) is 9.07. The van der Waals surface area contributed by atoms with E-state index in [0.717, 1.165) is 6.92 Å². The summed E-state index contributed by atoms with van der Waals surface area (Å²) in [6.07, 6.45) is -21.1. The van der Waals surface area contributed by atoms with Crippen LogP contribution in [0.2, 0.25) is 5.02 Å². The molecule has 1 unspecified atom stereocenters. The maximum absolute atomic E-state index is 15.0. The van der Waals surface area contributed by atoms with E-state index >= 15 is 0 Å². The minimum absolute atomic E-state index is 0.0387. The third kappa shape index (κ3) is 9.76. The fourth-order valence-corrected chi connectivity index (χ4v) is 3.96. The zero-order valence-electron chi connectivity index (χ0n) is 21.5. The van der Waals surface area contributed by atoms with Crippen LogP contribution < -0.4 is 5.32 Å². The highest BCUT2D eigenvalue weighted by atomic mass is 35.5. The zero-order valence-corrected chi connectivity index (χ0v) is 22.2. The molecule has 18 heteroatoms. The van der Waals surface area contributed by atoms with Crippen LogP contribution in [0.1, 0.15) is 45.5 Å². The Bertz CT molecular complexity index is 1380. The van der Waals surface area contributed by atoms with Crippen LogP contribution in [0.5, 0.6) is 0 Å². The van der Waals surface area contributed by atoms with Gasteiger partial charge in [-0.2, -0.15) is 52.7 Å². The van der Waals surface area contributed by atoms with Gasteiger partial charge in [0.2, 0.25) is 5.91 Å². The molecule has 2 aromatic rings. The number of alkyl halides is 12. The molecular weight excluding hydrogens is 643 g/mol. The maximum Gasteiger partial charge on any atom is 0.417 e. The molecule has 0 saturated heterocycles. The van der Waals surface area contributed by atoms with E-state index in [4.69, 9.17) is 11.6 Å². The smallest absolute Gasteiger partial charge is 0.341 e. The highest BCUT2D eigenvalue weighted by molar-refractivity contribution is 6.30. The fourth-order valence-electron chi connectivity index (χ4n) is 3.72. The number of benzene rings is 2. The number of carbonyl (C=O) groups is 2. The van der Waals surface area contributed by atoms with Crippen LogP contribution in [0.15, 0.2) is 42.5 Å². The normalized spacial score (nSPS) is 14.7. The summed E-state index contributed by atoms with van der Waals surface area (Å²) in [5.41, 5.74) is -7.11. The molecule has 0 aliphatic rings. The predicted octanol–water partition coefficient (Wildman–Crippen LogP) is 8.17. The standard InChI is InChI=1S/C25H18ClF13N2O2/c1-11(21(43)41(2)10-22(28,29)30)40-20(42)16-4-3-12(7-18(16)25(37,38)39)19(27)9-17(24(34,35)36)13-5-14(23(31,32)33)8-15(26)6-13/h3-9,11,17H,10H2,1-2H3,(H,40,42)/b19-9-/t11-,17?/m1/s1. The van der Waals surface area contributed by atoms with E-state index in [1.165, 1.54) is 0 Å². The minimum Gasteiger partial charge on any atom is -0.341 e. The number of rotatable bonds is 7. The number of nitrogens with zero attached hydrogens (tertiary/aromatic N) is 1. The number of amides is 2. The molecule has 0 saturated carbocycles. The van der Waals surface area contributed by atoms with Crippen molar-refractivity contribution in [3.8, 4) is 0 Å². The SMILES string of the molecule is C[C@@H](NC(=O)c1ccc(/C(F)=C/C(c2cc(Cl)cc(C(F)(F)F)c2)C(F)(F)F)cc1C(F)(F)F)C(=O)N(C)CC(F)(F)F. The second-order valence-corrected chi connectivity index (χ2v) is 9.50. The molecule has 2 aromatic carbocycles. The summed E-state index contributed by atoms with van der Waals surface area (Å²) >= 11 is 5.50. The van der Waals surface area contributed by atoms with E-state index in [9.17, 15) is 66.7 Å². The molecule has 1 N–H and O–H groups in total. The van der Waals surface area contributed by atoms with Crippen LogP contribution in [0.25, 0.3) is 5.83 Å². The Labute approximate surface area is 239 Å². The van der Waals surface area contributed by atoms with Gasteiger partial charge in [-0.15, -0.1) is 0 Å². The summed E-state index contributed by atoms with van der Waals surface area (Å²) in [5, 5.41) is 0.969. The first kappa shape index (κ1) is 35.7. The predicted molar refractivity (Wildman–Crippen MR) is 126 cm³/mol. The van der Waals surface area contributed by atoms with Gasteiger partial charge in [0.1, 0.15) is 24.3 Å². The highest BCUT2D eigenvalue weighted by Gasteiger charge is 2.42. The minimum atomic E-state index is -5.44. The van der Waals surface area contributed by atoms with Crippen molar-refractivity contribution in [3.05, 3.63) is 75.3 Å². The van der Waals surface area contributed by atoms with Crippen molar-refractivity contribution < 1.29 is 66.7 Å². The number of carbonyl (C=O) groups excluding carboxylic acids is 2. The number of likely N-dealkylation sites (N-methyl/N-ethyl adjacent to an activating group) is 1. The molecule has 2 rings (SSSR count). The van der Waals surface area contributed by atoms with Gasteiger partial charge >= 0.3 is 24.7 Å². The van der Waals surface area contributed by atoms with Gasteiger partial charge in [-0.3, -0.25) is 9.59 Å². The van der Waals surface area contributed by atoms with E-state index in [1.807, 2.05) is 0 Å². The summed E-state index contributed by atoms with van der Waals surface area (Å²) < 4.78 is 174. The molecule has 0 aliphatic heterocycles.